The first-order valence-electron chi connectivity index (χ1n) is 10.5. The first-order chi connectivity index (χ1) is 15.8. The molecule has 0 bridgehead atoms. The number of piperazine rings is 1. The molecular formula is C23H25F3N2O5. The van der Waals surface area contributed by atoms with Crippen molar-refractivity contribution in [3.63, 3.8) is 0 Å². The smallest absolute Gasteiger partial charge is 0.416 e. The minimum absolute atomic E-state index is 0.310. The Balaban J connectivity index is 1.43. The van der Waals surface area contributed by atoms with Crippen molar-refractivity contribution in [2.24, 2.45) is 0 Å². The van der Waals surface area contributed by atoms with E-state index in [4.69, 9.17) is 14.2 Å². The number of esters is 1. The van der Waals surface area contributed by atoms with Crippen molar-refractivity contribution >= 4 is 17.6 Å². The van der Waals surface area contributed by atoms with Gasteiger partial charge in [-0.3, -0.25) is 4.79 Å². The maximum absolute atomic E-state index is 12.9. The van der Waals surface area contributed by atoms with Crippen LogP contribution in [0.5, 0.6) is 11.5 Å². The Labute approximate surface area is 189 Å². The standard InChI is InChI=1S/C23H25F3N2O5/c1-2-31-19-8-3-4-9-20(19)32-16-22(30)33-15-21(29)28-12-10-27(11-13-28)18-7-5-6-17(14-18)23(24,25)26/h3-9,14H,2,10-13,15-16H2,1H3. The Kier molecular flexibility index (Phi) is 8.02. The summed E-state index contributed by atoms with van der Waals surface area (Å²) in [5.74, 6) is -0.171. The van der Waals surface area contributed by atoms with E-state index in [-0.39, 0.29) is 12.5 Å². The number of benzene rings is 2. The zero-order valence-corrected chi connectivity index (χ0v) is 18.1. The van der Waals surface area contributed by atoms with Crippen LogP contribution in [0.4, 0.5) is 18.9 Å². The molecule has 33 heavy (non-hydrogen) atoms. The second kappa shape index (κ2) is 10.9. The molecule has 1 saturated heterocycles. The Bertz CT molecular complexity index is 959. The van der Waals surface area contributed by atoms with Crippen LogP contribution in [-0.2, 0) is 20.5 Å². The largest absolute Gasteiger partial charge is 0.490 e. The molecule has 0 saturated carbocycles. The number of amides is 1. The Hall–Kier alpha value is -3.43. The molecule has 0 aromatic heterocycles. The first-order valence-corrected chi connectivity index (χ1v) is 10.5. The van der Waals surface area contributed by atoms with E-state index in [1.54, 1.807) is 35.2 Å². The van der Waals surface area contributed by atoms with E-state index in [2.05, 4.69) is 0 Å². The molecule has 0 atom stereocenters. The van der Waals surface area contributed by atoms with Gasteiger partial charge in [0.15, 0.2) is 24.7 Å². The Morgan fingerprint density at radius 1 is 0.909 bits per heavy atom. The highest BCUT2D eigenvalue weighted by Gasteiger charge is 2.31. The molecule has 7 nitrogen and oxygen atoms in total. The number of anilines is 1. The molecule has 1 aliphatic heterocycles. The summed E-state index contributed by atoms with van der Waals surface area (Å²) >= 11 is 0. The lowest BCUT2D eigenvalue weighted by molar-refractivity contribution is -0.153. The molecule has 1 fully saturated rings. The second-order valence-corrected chi connectivity index (χ2v) is 7.25. The SMILES string of the molecule is CCOc1ccccc1OCC(=O)OCC(=O)N1CCN(c2cccc(C(F)(F)F)c2)CC1. The molecule has 0 aliphatic carbocycles. The van der Waals surface area contributed by atoms with E-state index < -0.39 is 24.3 Å². The molecule has 1 heterocycles. The van der Waals surface area contributed by atoms with Crippen LogP contribution < -0.4 is 14.4 Å². The van der Waals surface area contributed by atoms with Crippen LogP contribution in [0.1, 0.15) is 12.5 Å². The van der Waals surface area contributed by atoms with E-state index in [9.17, 15) is 22.8 Å². The molecule has 178 valence electrons. The Morgan fingerprint density at radius 2 is 1.58 bits per heavy atom. The van der Waals surface area contributed by atoms with E-state index >= 15 is 0 Å². The van der Waals surface area contributed by atoms with Crippen molar-refractivity contribution in [2.45, 2.75) is 13.1 Å². The van der Waals surface area contributed by atoms with Gasteiger partial charge in [0.1, 0.15) is 0 Å². The number of halogens is 3. The van der Waals surface area contributed by atoms with Crippen molar-refractivity contribution < 1.29 is 37.0 Å². The third-order valence-corrected chi connectivity index (χ3v) is 5.02. The average molecular weight is 466 g/mol. The fraction of sp³-hybridized carbons (Fsp3) is 0.391. The van der Waals surface area contributed by atoms with Gasteiger partial charge in [0, 0.05) is 31.9 Å². The fourth-order valence-electron chi connectivity index (χ4n) is 3.35. The quantitative estimate of drug-likeness (QED) is 0.556. The van der Waals surface area contributed by atoms with E-state index in [0.29, 0.717) is 50.0 Å². The van der Waals surface area contributed by atoms with Gasteiger partial charge in [-0.05, 0) is 37.3 Å². The molecule has 0 radical (unpaired) electrons. The van der Waals surface area contributed by atoms with Crippen LogP contribution in [-0.4, -0.2) is 62.8 Å². The topological polar surface area (TPSA) is 68.3 Å². The summed E-state index contributed by atoms with van der Waals surface area (Å²) in [6, 6.07) is 12.0. The Morgan fingerprint density at radius 3 is 2.21 bits per heavy atom. The highest BCUT2D eigenvalue weighted by molar-refractivity contribution is 5.81. The molecule has 0 spiro atoms. The predicted octanol–water partition coefficient (Wildman–Crippen LogP) is 3.37. The lowest BCUT2D eigenvalue weighted by atomic mass is 10.1. The summed E-state index contributed by atoms with van der Waals surface area (Å²) in [7, 11) is 0. The number of hydrogen-bond acceptors (Lipinski definition) is 6. The number of ether oxygens (including phenoxy) is 3. The van der Waals surface area contributed by atoms with Gasteiger partial charge in [0.2, 0.25) is 0 Å². The number of alkyl halides is 3. The second-order valence-electron chi connectivity index (χ2n) is 7.25. The zero-order chi connectivity index (χ0) is 23.8. The molecule has 0 unspecified atom stereocenters. The number of carbonyl (C=O) groups excluding carboxylic acids is 2. The number of rotatable bonds is 8. The number of nitrogens with zero attached hydrogens (tertiary/aromatic N) is 2. The van der Waals surface area contributed by atoms with Gasteiger partial charge in [0.25, 0.3) is 5.91 Å². The van der Waals surface area contributed by atoms with Crippen molar-refractivity contribution in [2.75, 3.05) is 50.9 Å². The highest BCUT2D eigenvalue weighted by atomic mass is 19.4. The maximum atomic E-state index is 12.9. The van der Waals surface area contributed by atoms with Crippen LogP contribution in [0, 0.1) is 0 Å². The molecule has 2 aromatic rings. The van der Waals surface area contributed by atoms with Crippen LogP contribution in [0.15, 0.2) is 48.5 Å². The van der Waals surface area contributed by atoms with Gasteiger partial charge in [-0.25, -0.2) is 4.79 Å². The van der Waals surface area contributed by atoms with Crippen LogP contribution >= 0.6 is 0 Å². The van der Waals surface area contributed by atoms with Gasteiger partial charge < -0.3 is 24.0 Å². The minimum atomic E-state index is -4.41. The molecule has 1 amide bonds. The predicted molar refractivity (Wildman–Crippen MR) is 114 cm³/mol. The summed E-state index contributed by atoms with van der Waals surface area (Å²) in [6.07, 6.45) is -4.41. The summed E-state index contributed by atoms with van der Waals surface area (Å²) in [5.41, 5.74) is -0.260. The third kappa shape index (κ3) is 6.77. The number of hydrogen-bond donors (Lipinski definition) is 0. The maximum Gasteiger partial charge on any atom is 0.416 e. The molecule has 0 N–H and O–H groups in total. The molecule has 3 rings (SSSR count). The van der Waals surface area contributed by atoms with Crippen molar-refractivity contribution in [1.82, 2.24) is 4.90 Å². The van der Waals surface area contributed by atoms with Crippen molar-refractivity contribution in [1.29, 1.82) is 0 Å². The summed E-state index contributed by atoms with van der Waals surface area (Å²) in [6.45, 7) is 2.84. The summed E-state index contributed by atoms with van der Waals surface area (Å²) in [4.78, 5) is 27.6. The monoisotopic (exact) mass is 466 g/mol. The van der Waals surface area contributed by atoms with Crippen LogP contribution in [0.3, 0.4) is 0 Å². The zero-order valence-electron chi connectivity index (χ0n) is 18.1. The summed E-state index contributed by atoms with van der Waals surface area (Å²) < 4.78 is 54.6. The molecule has 10 heteroatoms. The third-order valence-electron chi connectivity index (χ3n) is 5.02. The van der Waals surface area contributed by atoms with Gasteiger partial charge >= 0.3 is 12.1 Å². The molecule has 2 aromatic carbocycles. The van der Waals surface area contributed by atoms with E-state index in [1.165, 1.54) is 11.0 Å². The van der Waals surface area contributed by atoms with Gasteiger partial charge in [-0.1, -0.05) is 18.2 Å². The summed E-state index contributed by atoms with van der Waals surface area (Å²) in [5, 5.41) is 0. The van der Waals surface area contributed by atoms with Crippen molar-refractivity contribution in [3.8, 4) is 11.5 Å². The minimum Gasteiger partial charge on any atom is -0.490 e. The van der Waals surface area contributed by atoms with Gasteiger partial charge in [0.05, 0.1) is 12.2 Å². The van der Waals surface area contributed by atoms with Gasteiger partial charge in [-0.15, -0.1) is 0 Å². The normalized spacial score (nSPS) is 14.1. The molecular weight excluding hydrogens is 441 g/mol. The number of carbonyl (C=O) groups is 2. The number of para-hydroxylation sites is 2. The first kappa shape index (κ1) is 24.2. The molecule has 1 aliphatic rings. The average Bonchev–Trinajstić information content (AvgIpc) is 2.82. The van der Waals surface area contributed by atoms with Crippen molar-refractivity contribution in [3.05, 3.63) is 54.1 Å². The lowest BCUT2D eigenvalue weighted by Gasteiger charge is -2.36. The van der Waals surface area contributed by atoms with Crippen LogP contribution in [0.2, 0.25) is 0 Å². The lowest BCUT2D eigenvalue weighted by Crippen LogP contribution is -2.50. The highest BCUT2D eigenvalue weighted by Crippen LogP contribution is 2.32. The van der Waals surface area contributed by atoms with E-state index in [0.717, 1.165) is 12.1 Å². The van der Waals surface area contributed by atoms with Gasteiger partial charge in [-0.2, -0.15) is 13.2 Å². The van der Waals surface area contributed by atoms with Crippen LogP contribution in [0.25, 0.3) is 0 Å². The van der Waals surface area contributed by atoms with E-state index in [1.807, 2.05) is 6.92 Å². The fourth-order valence-corrected chi connectivity index (χ4v) is 3.35.